The molecule has 4 heteroatoms. The lowest BCUT2D eigenvalue weighted by Crippen LogP contribution is -2.11. The normalized spacial score (nSPS) is 8.10. The minimum Gasteiger partial charge on any atom is -0.476 e. The molecular formula is C6H11ClO3. The molecule has 10 heavy (non-hydrogen) atoms. The average Bonchev–Trinajstić information content (AvgIpc) is 1.82. The smallest absolute Gasteiger partial charge is 0.372 e. The fraction of sp³-hybridized carbons (Fsp3) is 0.667. The lowest BCUT2D eigenvalue weighted by Gasteiger charge is -1.89. The lowest BCUT2D eigenvalue weighted by molar-refractivity contribution is -0.149. The highest BCUT2D eigenvalue weighted by atomic mass is 35.5. The van der Waals surface area contributed by atoms with E-state index in [9.17, 15) is 9.59 Å². The van der Waals surface area contributed by atoms with E-state index in [1.807, 2.05) is 6.92 Å². The first-order valence-corrected chi connectivity index (χ1v) is 2.94. The maximum Gasteiger partial charge on any atom is 0.372 e. The third-order valence-corrected chi connectivity index (χ3v) is 0.996. The number of Topliss-reactive ketones (excluding diaryl/α,β-unsaturated/α-hetero) is 1. The Morgan fingerprint density at radius 2 is 1.90 bits per heavy atom. The summed E-state index contributed by atoms with van der Waals surface area (Å²) in [7, 11) is 0. The minimum absolute atomic E-state index is 0. The van der Waals surface area contributed by atoms with Crippen LogP contribution in [0.5, 0.6) is 0 Å². The third-order valence-electron chi connectivity index (χ3n) is 0.996. The van der Waals surface area contributed by atoms with Crippen LogP contribution in [-0.2, 0) is 9.59 Å². The predicted octanol–water partition coefficient (Wildman–Crippen LogP) is 1.25. The summed E-state index contributed by atoms with van der Waals surface area (Å²) in [5, 5.41) is 8.06. The molecule has 0 heterocycles. The van der Waals surface area contributed by atoms with Gasteiger partial charge in [-0.05, 0) is 6.42 Å². The van der Waals surface area contributed by atoms with Gasteiger partial charge in [-0.1, -0.05) is 13.3 Å². The van der Waals surface area contributed by atoms with Crippen LogP contribution in [0.4, 0.5) is 0 Å². The average molecular weight is 167 g/mol. The van der Waals surface area contributed by atoms with Crippen LogP contribution in [0.1, 0.15) is 26.2 Å². The summed E-state index contributed by atoms with van der Waals surface area (Å²) in [6.07, 6.45) is 1.70. The molecule has 0 bridgehead atoms. The van der Waals surface area contributed by atoms with Gasteiger partial charge in [0.2, 0.25) is 5.78 Å². The summed E-state index contributed by atoms with van der Waals surface area (Å²) in [5.41, 5.74) is 0. The van der Waals surface area contributed by atoms with Crippen molar-refractivity contribution in [3.63, 3.8) is 0 Å². The van der Waals surface area contributed by atoms with Gasteiger partial charge in [0.1, 0.15) is 0 Å². The van der Waals surface area contributed by atoms with Crippen LogP contribution < -0.4 is 0 Å². The quantitative estimate of drug-likeness (QED) is 0.640. The van der Waals surface area contributed by atoms with Gasteiger partial charge in [0, 0.05) is 6.42 Å². The number of halogens is 1. The van der Waals surface area contributed by atoms with Crippen LogP contribution >= 0.6 is 12.4 Å². The second-order valence-electron chi connectivity index (χ2n) is 1.83. The molecule has 0 saturated heterocycles. The van der Waals surface area contributed by atoms with Crippen LogP contribution in [-0.4, -0.2) is 16.9 Å². The Kier molecular flexibility index (Phi) is 7.95. The van der Waals surface area contributed by atoms with Crippen LogP contribution in [0.3, 0.4) is 0 Å². The Morgan fingerprint density at radius 3 is 2.20 bits per heavy atom. The summed E-state index contributed by atoms with van der Waals surface area (Å²) in [6, 6.07) is 0. The van der Waals surface area contributed by atoms with Crippen molar-refractivity contribution in [3.05, 3.63) is 0 Å². The topological polar surface area (TPSA) is 54.4 Å². The Labute approximate surface area is 65.8 Å². The lowest BCUT2D eigenvalue weighted by atomic mass is 10.2. The van der Waals surface area contributed by atoms with Crippen LogP contribution in [0.25, 0.3) is 0 Å². The molecule has 0 aromatic carbocycles. The molecule has 0 aliphatic heterocycles. The summed E-state index contributed by atoms with van der Waals surface area (Å²) in [6.45, 7) is 1.91. The van der Waals surface area contributed by atoms with Gasteiger partial charge in [0.05, 0.1) is 0 Å². The number of carbonyl (C=O) groups is 2. The molecule has 0 radical (unpaired) electrons. The third kappa shape index (κ3) is 5.56. The Bertz CT molecular complexity index is 122. The second-order valence-corrected chi connectivity index (χ2v) is 1.83. The van der Waals surface area contributed by atoms with E-state index in [1.165, 1.54) is 0 Å². The number of hydrogen-bond acceptors (Lipinski definition) is 2. The van der Waals surface area contributed by atoms with E-state index in [4.69, 9.17) is 5.11 Å². The maximum absolute atomic E-state index is 10.3. The van der Waals surface area contributed by atoms with E-state index in [2.05, 4.69) is 0 Å². The van der Waals surface area contributed by atoms with Crippen LogP contribution in [0, 0.1) is 0 Å². The number of unbranched alkanes of at least 4 members (excludes halogenated alkanes) is 1. The monoisotopic (exact) mass is 166 g/mol. The van der Waals surface area contributed by atoms with Crippen LogP contribution in [0.15, 0.2) is 0 Å². The van der Waals surface area contributed by atoms with E-state index in [0.29, 0.717) is 6.42 Å². The predicted molar refractivity (Wildman–Crippen MR) is 39.4 cm³/mol. The summed E-state index contributed by atoms with van der Waals surface area (Å²) < 4.78 is 0. The molecule has 0 saturated carbocycles. The number of carbonyl (C=O) groups excluding carboxylic acids is 1. The number of carboxylic acid groups (broad SMARTS) is 1. The van der Waals surface area contributed by atoms with Crippen molar-refractivity contribution in [2.45, 2.75) is 26.2 Å². The van der Waals surface area contributed by atoms with Gasteiger partial charge in [-0.25, -0.2) is 4.79 Å². The number of hydrogen-bond donors (Lipinski definition) is 1. The molecule has 1 N–H and O–H groups in total. The second kappa shape index (κ2) is 6.55. The standard InChI is InChI=1S/C6H10O3.ClH/c1-2-3-4-5(7)6(8)9;/h2-4H2,1H3,(H,8,9);1H. The van der Waals surface area contributed by atoms with E-state index >= 15 is 0 Å². The molecule has 0 fully saturated rings. The molecule has 0 unspecified atom stereocenters. The van der Waals surface area contributed by atoms with Gasteiger partial charge in [-0.3, -0.25) is 4.79 Å². The molecule has 0 atom stereocenters. The highest BCUT2D eigenvalue weighted by molar-refractivity contribution is 6.32. The molecule has 60 valence electrons. The Hall–Kier alpha value is -0.570. The van der Waals surface area contributed by atoms with E-state index < -0.39 is 11.8 Å². The largest absolute Gasteiger partial charge is 0.476 e. The highest BCUT2D eigenvalue weighted by Gasteiger charge is 2.08. The number of rotatable bonds is 4. The molecule has 0 rings (SSSR count). The molecule has 0 aliphatic rings. The molecule has 0 aromatic heterocycles. The van der Waals surface area contributed by atoms with Crippen molar-refractivity contribution in [2.75, 3.05) is 0 Å². The van der Waals surface area contributed by atoms with E-state index in [0.717, 1.165) is 6.42 Å². The van der Waals surface area contributed by atoms with Gasteiger partial charge in [-0.2, -0.15) is 0 Å². The number of carboxylic acids is 1. The van der Waals surface area contributed by atoms with Crippen molar-refractivity contribution >= 4 is 24.2 Å². The zero-order chi connectivity index (χ0) is 7.28. The summed E-state index contributed by atoms with van der Waals surface area (Å²) >= 11 is 0. The molecule has 0 aromatic rings. The molecule has 0 spiro atoms. The summed E-state index contributed by atoms with van der Waals surface area (Å²) in [4.78, 5) is 20.2. The van der Waals surface area contributed by atoms with Crippen molar-refractivity contribution in [1.29, 1.82) is 0 Å². The van der Waals surface area contributed by atoms with E-state index in [1.54, 1.807) is 0 Å². The first-order chi connectivity index (χ1) is 4.18. The van der Waals surface area contributed by atoms with Crippen molar-refractivity contribution < 1.29 is 14.7 Å². The molecule has 0 amide bonds. The van der Waals surface area contributed by atoms with Crippen molar-refractivity contribution in [3.8, 4) is 0 Å². The van der Waals surface area contributed by atoms with Crippen LogP contribution in [0.2, 0.25) is 0 Å². The van der Waals surface area contributed by atoms with Gasteiger partial charge >= 0.3 is 5.97 Å². The van der Waals surface area contributed by atoms with Gasteiger partial charge in [0.25, 0.3) is 0 Å². The Morgan fingerprint density at radius 1 is 1.40 bits per heavy atom. The number of aliphatic carboxylic acids is 1. The molecular weight excluding hydrogens is 156 g/mol. The fourth-order valence-corrected chi connectivity index (χ4v) is 0.444. The first-order valence-electron chi connectivity index (χ1n) is 2.94. The van der Waals surface area contributed by atoms with Gasteiger partial charge in [0.15, 0.2) is 0 Å². The van der Waals surface area contributed by atoms with E-state index in [-0.39, 0.29) is 18.8 Å². The first kappa shape index (κ1) is 12.1. The zero-order valence-corrected chi connectivity index (χ0v) is 6.61. The number of ketones is 1. The van der Waals surface area contributed by atoms with Gasteiger partial charge < -0.3 is 5.11 Å². The van der Waals surface area contributed by atoms with Gasteiger partial charge in [-0.15, -0.1) is 12.4 Å². The maximum atomic E-state index is 10.3. The van der Waals surface area contributed by atoms with Crippen molar-refractivity contribution in [1.82, 2.24) is 0 Å². The summed E-state index contributed by atoms with van der Waals surface area (Å²) in [5.74, 6) is -2.00. The molecule has 0 aliphatic carbocycles. The zero-order valence-electron chi connectivity index (χ0n) is 5.79. The van der Waals surface area contributed by atoms with Crippen molar-refractivity contribution in [2.24, 2.45) is 0 Å². The SMILES string of the molecule is CCCCC(=O)C(=O)O.Cl. The fourth-order valence-electron chi connectivity index (χ4n) is 0.444. The molecule has 3 nitrogen and oxygen atoms in total. The Balaban J connectivity index is 0. The minimum atomic E-state index is -1.32. The highest BCUT2D eigenvalue weighted by Crippen LogP contribution is 1.94.